The van der Waals surface area contributed by atoms with Gasteiger partial charge in [-0.15, -0.1) is 11.6 Å². The molecule has 16 heavy (non-hydrogen) atoms. The highest BCUT2D eigenvalue weighted by Crippen LogP contribution is 2.69. The van der Waals surface area contributed by atoms with E-state index >= 15 is 0 Å². The minimum atomic E-state index is 0.0965. The molecule has 0 heterocycles. The monoisotopic (exact) mass is 241 g/mol. The number of rotatable bonds is 4. The van der Waals surface area contributed by atoms with E-state index in [1.807, 2.05) is 0 Å². The van der Waals surface area contributed by atoms with Crippen LogP contribution in [0.2, 0.25) is 0 Å². The number of nitrogens with one attached hydrogen (secondary N) is 1. The van der Waals surface area contributed by atoms with Crippen LogP contribution in [0.25, 0.3) is 0 Å². The summed E-state index contributed by atoms with van der Waals surface area (Å²) in [6.07, 6.45) is 5.09. The van der Waals surface area contributed by atoms with E-state index in [2.05, 4.69) is 12.2 Å². The molecular formula is C13H20ClNO. The SMILES string of the molecule is CCC(Cl)CNC(=O)C1C2C3CCC(C3)C12. The number of alkyl halides is 1. The average Bonchev–Trinajstić information content (AvgIpc) is 2.74. The number of carbonyl (C=O) groups is 1. The maximum atomic E-state index is 12.0. The van der Waals surface area contributed by atoms with Gasteiger partial charge in [0.15, 0.2) is 0 Å². The predicted molar refractivity (Wildman–Crippen MR) is 64.2 cm³/mol. The normalized spacial score (nSPS) is 45.2. The molecule has 0 aliphatic heterocycles. The van der Waals surface area contributed by atoms with Crippen LogP contribution in [0.15, 0.2) is 0 Å². The van der Waals surface area contributed by atoms with Crippen molar-refractivity contribution in [2.45, 2.75) is 38.0 Å². The van der Waals surface area contributed by atoms with Gasteiger partial charge in [-0.25, -0.2) is 0 Å². The van der Waals surface area contributed by atoms with Crippen LogP contribution >= 0.6 is 11.6 Å². The molecule has 5 unspecified atom stereocenters. The van der Waals surface area contributed by atoms with Gasteiger partial charge in [-0.3, -0.25) is 4.79 Å². The summed E-state index contributed by atoms with van der Waals surface area (Å²) in [5.74, 6) is 3.88. The van der Waals surface area contributed by atoms with Gasteiger partial charge < -0.3 is 5.32 Å². The third-order valence-corrected chi connectivity index (χ3v) is 5.44. The van der Waals surface area contributed by atoms with Crippen LogP contribution in [0.5, 0.6) is 0 Å². The Bertz CT molecular complexity index is 290. The van der Waals surface area contributed by atoms with E-state index in [1.54, 1.807) is 0 Å². The molecule has 2 bridgehead atoms. The molecule has 5 atom stereocenters. The summed E-state index contributed by atoms with van der Waals surface area (Å²) < 4.78 is 0. The van der Waals surface area contributed by atoms with Crippen LogP contribution in [0.1, 0.15) is 32.6 Å². The molecule has 0 radical (unpaired) electrons. The Morgan fingerprint density at radius 2 is 2.00 bits per heavy atom. The molecule has 1 N–H and O–H groups in total. The van der Waals surface area contributed by atoms with E-state index in [0.29, 0.717) is 12.5 Å². The summed E-state index contributed by atoms with van der Waals surface area (Å²) >= 11 is 6.01. The molecule has 0 saturated heterocycles. The molecule has 90 valence electrons. The Hall–Kier alpha value is -0.240. The molecule has 0 spiro atoms. The Kier molecular flexibility index (Phi) is 2.66. The number of hydrogen-bond donors (Lipinski definition) is 1. The fourth-order valence-electron chi connectivity index (χ4n) is 4.15. The molecule has 3 rings (SSSR count). The third kappa shape index (κ3) is 1.57. The molecule has 3 fully saturated rings. The minimum Gasteiger partial charge on any atom is -0.354 e. The summed E-state index contributed by atoms with van der Waals surface area (Å²) in [7, 11) is 0. The summed E-state index contributed by atoms with van der Waals surface area (Å²) in [4.78, 5) is 12.0. The van der Waals surface area contributed by atoms with Crippen molar-refractivity contribution in [3.05, 3.63) is 0 Å². The molecule has 3 aliphatic rings. The summed E-state index contributed by atoms with van der Waals surface area (Å²) in [6.45, 7) is 2.69. The molecule has 1 amide bonds. The summed E-state index contributed by atoms with van der Waals surface area (Å²) in [6, 6.07) is 0. The van der Waals surface area contributed by atoms with E-state index in [9.17, 15) is 4.79 Å². The smallest absolute Gasteiger partial charge is 0.223 e. The Morgan fingerprint density at radius 3 is 2.56 bits per heavy atom. The molecule has 0 aromatic rings. The Labute approximate surface area is 102 Å². The largest absolute Gasteiger partial charge is 0.354 e. The number of amides is 1. The quantitative estimate of drug-likeness (QED) is 0.753. The first kappa shape index (κ1) is 10.9. The topological polar surface area (TPSA) is 29.1 Å². The Balaban J connectivity index is 1.51. The van der Waals surface area contributed by atoms with Gasteiger partial charge in [0.2, 0.25) is 5.91 Å². The van der Waals surface area contributed by atoms with Gasteiger partial charge in [0.1, 0.15) is 0 Å². The lowest BCUT2D eigenvalue weighted by molar-refractivity contribution is -0.123. The number of carbonyl (C=O) groups excluding carboxylic acids is 1. The van der Waals surface area contributed by atoms with Gasteiger partial charge in [-0.1, -0.05) is 6.92 Å². The highest BCUT2D eigenvalue weighted by Gasteiger charge is 2.67. The van der Waals surface area contributed by atoms with Crippen molar-refractivity contribution >= 4 is 17.5 Å². The van der Waals surface area contributed by atoms with Crippen LogP contribution in [-0.2, 0) is 4.79 Å². The Morgan fingerprint density at radius 1 is 1.38 bits per heavy atom. The summed E-state index contributed by atoms with van der Waals surface area (Å²) in [5.41, 5.74) is 0. The van der Waals surface area contributed by atoms with E-state index < -0.39 is 0 Å². The highest BCUT2D eigenvalue weighted by molar-refractivity contribution is 6.20. The van der Waals surface area contributed by atoms with Crippen LogP contribution in [0.4, 0.5) is 0 Å². The third-order valence-electron chi connectivity index (χ3n) is 4.98. The van der Waals surface area contributed by atoms with Gasteiger partial charge in [0, 0.05) is 12.5 Å². The zero-order valence-corrected chi connectivity index (χ0v) is 10.5. The van der Waals surface area contributed by atoms with Gasteiger partial charge >= 0.3 is 0 Å². The lowest BCUT2D eigenvalue weighted by Crippen LogP contribution is -2.32. The number of fused-ring (bicyclic) bond motifs is 5. The minimum absolute atomic E-state index is 0.0965. The second kappa shape index (κ2) is 3.90. The molecule has 0 aromatic carbocycles. The second-order valence-corrected chi connectivity index (χ2v) is 6.38. The van der Waals surface area contributed by atoms with E-state index in [-0.39, 0.29) is 11.3 Å². The molecule has 2 nitrogen and oxygen atoms in total. The van der Waals surface area contributed by atoms with Gasteiger partial charge in [0.25, 0.3) is 0 Å². The molecule has 3 heteroatoms. The van der Waals surface area contributed by atoms with Crippen molar-refractivity contribution in [3.8, 4) is 0 Å². The standard InChI is InChI=1S/C13H20ClNO/c1-2-9(14)6-15-13(16)12-10-7-3-4-8(5-7)11(10)12/h7-12H,2-6H2,1H3,(H,15,16). The fourth-order valence-corrected chi connectivity index (χ4v) is 4.23. The first-order valence-corrected chi connectivity index (χ1v) is 7.07. The number of halogens is 1. The fraction of sp³-hybridized carbons (Fsp3) is 0.923. The van der Waals surface area contributed by atoms with Gasteiger partial charge in [0.05, 0.1) is 5.38 Å². The maximum Gasteiger partial charge on any atom is 0.223 e. The van der Waals surface area contributed by atoms with Crippen molar-refractivity contribution in [2.24, 2.45) is 29.6 Å². The van der Waals surface area contributed by atoms with E-state index in [1.165, 1.54) is 19.3 Å². The van der Waals surface area contributed by atoms with Crippen molar-refractivity contribution in [1.82, 2.24) is 5.32 Å². The van der Waals surface area contributed by atoms with E-state index in [4.69, 9.17) is 11.6 Å². The average molecular weight is 242 g/mol. The van der Waals surface area contributed by atoms with Crippen molar-refractivity contribution in [3.63, 3.8) is 0 Å². The molecular weight excluding hydrogens is 222 g/mol. The molecule has 3 saturated carbocycles. The van der Waals surface area contributed by atoms with E-state index in [0.717, 1.165) is 30.1 Å². The first-order valence-electron chi connectivity index (χ1n) is 6.64. The zero-order valence-electron chi connectivity index (χ0n) is 9.79. The molecule has 3 aliphatic carbocycles. The van der Waals surface area contributed by atoms with Crippen molar-refractivity contribution < 1.29 is 4.79 Å². The number of hydrogen-bond acceptors (Lipinski definition) is 1. The lowest BCUT2D eigenvalue weighted by Gasteiger charge is -2.11. The molecule has 0 aromatic heterocycles. The van der Waals surface area contributed by atoms with Gasteiger partial charge in [-0.2, -0.15) is 0 Å². The van der Waals surface area contributed by atoms with Crippen LogP contribution in [0.3, 0.4) is 0 Å². The van der Waals surface area contributed by atoms with Crippen LogP contribution in [0, 0.1) is 29.6 Å². The first-order chi connectivity index (χ1) is 7.72. The predicted octanol–water partition coefficient (Wildman–Crippen LogP) is 2.41. The highest BCUT2D eigenvalue weighted by atomic mass is 35.5. The second-order valence-electron chi connectivity index (χ2n) is 5.76. The summed E-state index contributed by atoms with van der Waals surface area (Å²) in [5, 5.41) is 3.12. The van der Waals surface area contributed by atoms with Crippen LogP contribution in [-0.4, -0.2) is 17.8 Å². The zero-order chi connectivity index (χ0) is 11.3. The van der Waals surface area contributed by atoms with Crippen molar-refractivity contribution in [1.29, 1.82) is 0 Å². The maximum absolute atomic E-state index is 12.0. The van der Waals surface area contributed by atoms with Crippen LogP contribution < -0.4 is 5.32 Å². The van der Waals surface area contributed by atoms with Crippen molar-refractivity contribution in [2.75, 3.05) is 6.54 Å². The lowest BCUT2D eigenvalue weighted by atomic mass is 10.0. The van der Waals surface area contributed by atoms with Gasteiger partial charge in [-0.05, 0) is 49.4 Å².